The Hall–Kier alpha value is -1.28. The summed E-state index contributed by atoms with van der Waals surface area (Å²) >= 11 is 1.74. The van der Waals surface area contributed by atoms with Crippen molar-refractivity contribution in [3.63, 3.8) is 0 Å². The molecule has 1 heterocycles. The lowest BCUT2D eigenvalue weighted by Gasteiger charge is -2.15. The molecule has 0 aliphatic rings. The molecule has 2 heteroatoms. The van der Waals surface area contributed by atoms with E-state index in [0.29, 0.717) is 6.04 Å². The van der Waals surface area contributed by atoms with Gasteiger partial charge in [-0.1, -0.05) is 29.8 Å². The van der Waals surface area contributed by atoms with Gasteiger partial charge in [0.15, 0.2) is 0 Å². The van der Waals surface area contributed by atoms with Gasteiger partial charge in [0.1, 0.15) is 0 Å². The maximum absolute atomic E-state index is 3.54. The first-order valence-electron chi connectivity index (χ1n) is 5.52. The minimum absolute atomic E-state index is 0.355. The Morgan fingerprint density at radius 1 is 1.06 bits per heavy atom. The standard InChI is InChI=1S/C14H17NS/c1-10-4-6-13(7-5-10)12(3)15-14-9-16-8-11(14)2/h4-9,12,15H,1-3H3. The third-order valence-electron chi connectivity index (χ3n) is 2.80. The van der Waals surface area contributed by atoms with Crippen molar-refractivity contribution in [1.29, 1.82) is 0 Å². The highest BCUT2D eigenvalue weighted by Crippen LogP contribution is 2.25. The van der Waals surface area contributed by atoms with E-state index in [-0.39, 0.29) is 0 Å². The Morgan fingerprint density at radius 2 is 1.75 bits per heavy atom. The molecule has 1 N–H and O–H groups in total. The lowest BCUT2D eigenvalue weighted by Crippen LogP contribution is -2.06. The zero-order valence-electron chi connectivity index (χ0n) is 9.95. The van der Waals surface area contributed by atoms with Crippen LogP contribution in [0.3, 0.4) is 0 Å². The third kappa shape index (κ3) is 2.45. The minimum Gasteiger partial charge on any atom is -0.378 e. The van der Waals surface area contributed by atoms with Gasteiger partial charge in [0, 0.05) is 17.1 Å². The molecule has 2 rings (SSSR count). The minimum atomic E-state index is 0.355. The Labute approximate surface area is 101 Å². The summed E-state index contributed by atoms with van der Waals surface area (Å²) in [5, 5.41) is 7.87. The Morgan fingerprint density at radius 3 is 2.31 bits per heavy atom. The normalized spacial score (nSPS) is 12.4. The van der Waals surface area contributed by atoms with Gasteiger partial charge in [-0.05, 0) is 37.3 Å². The summed E-state index contributed by atoms with van der Waals surface area (Å²) in [4.78, 5) is 0. The van der Waals surface area contributed by atoms with Gasteiger partial charge in [0.2, 0.25) is 0 Å². The third-order valence-corrected chi connectivity index (χ3v) is 3.67. The maximum Gasteiger partial charge on any atom is 0.0486 e. The van der Waals surface area contributed by atoms with Crippen molar-refractivity contribution in [1.82, 2.24) is 0 Å². The van der Waals surface area contributed by atoms with Crippen molar-refractivity contribution in [2.75, 3.05) is 5.32 Å². The van der Waals surface area contributed by atoms with E-state index in [1.165, 1.54) is 22.4 Å². The summed E-state index contributed by atoms with van der Waals surface area (Å²) in [6.07, 6.45) is 0. The fourth-order valence-electron chi connectivity index (χ4n) is 1.68. The molecule has 0 fully saturated rings. The zero-order valence-corrected chi connectivity index (χ0v) is 10.8. The number of aryl methyl sites for hydroxylation is 2. The largest absolute Gasteiger partial charge is 0.378 e. The van der Waals surface area contributed by atoms with Crippen LogP contribution in [0.15, 0.2) is 35.0 Å². The van der Waals surface area contributed by atoms with E-state index in [0.717, 1.165) is 0 Å². The summed E-state index contributed by atoms with van der Waals surface area (Å²) in [6, 6.07) is 9.06. The number of thiophene rings is 1. The molecule has 0 aliphatic carbocycles. The molecule has 1 aromatic heterocycles. The monoisotopic (exact) mass is 231 g/mol. The molecule has 84 valence electrons. The van der Waals surface area contributed by atoms with Gasteiger partial charge in [-0.3, -0.25) is 0 Å². The molecule has 0 saturated heterocycles. The second-order valence-electron chi connectivity index (χ2n) is 4.25. The van der Waals surface area contributed by atoms with Crippen LogP contribution in [0, 0.1) is 13.8 Å². The van der Waals surface area contributed by atoms with E-state index in [4.69, 9.17) is 0 Å². The predicted octanol–water partition coefficient (Wildman–Crippen LogP) is 4.54. The summed E-state index contributed by atoms with van der Waals surface area (Å²) in [5.41, 5.74) is 5.21. The van der Waals surface area contributed by atoms with Crippen LogP contribution in [0.4, 0.5) is 5.69 Å². The fraction of sp³-hybridized carbons (Fsp3) is 0.286. The van der Waals surface area contributed by atoms with Crippen LogP contribution in [0.25, 0.3) is 0 Å². The van der Waals surface area contributed by atoms with Crippen LogP contribution in [0.2, 0.25) is 0 Å². The van der Waals surface area contributed by atoms with E-state index in [9.17, 15) is 0 Å². The molecule has 0 spiro atoms. The van der Waals surface area contributed by atoms with Crippen molar-refractivity contribution in [2.24, 2.45) is 0 Å². The summed E-state index contributed by atoms with van der Waals surface area (Å²) in [7, 11) is 0. The number of hydrogen-bond acceptors (Lipinski definition) is 2. The van der Waals surface area contributed by atoms with Crippen LogP contribution >= 0.6 is 11.3 Å². The molecule has 1 atom stereocenters. The van der Waals surface area contributed by atoms with Crippen molar-refractivity contribution in [3.05, 3.63) is 51.7 Å². The molecule has 2 aromatic rings. The predicted molar refractivity (Wildman–Crippen MR) is 72.3 cm³/mol. The summed E-state index contributed by atoms with van der Waals surface area (Å²) in [6.45, 7) is 6.45. The molecule has 1 unspecified atom stereocenters. The van der Waals surface area contributed by atoms with Crippen LogP contribution in [-0.4, -0.2) is 0 Å². The Balaban J connectivity index is 2.11. The molecule has 1 aromatic carbocycles. The maximum atomic E-state index is 3.54. The second-order valence-corrected chi connectivity index (χ2v) is 4.99. The van der Waals surface area contributed by atoms with Gasteiger partial charge < -0.3 is 5.32 Å². The van der Waals surface area contributed by atoms with E-state index in [2.05, 4.69) is 61.1 Å². The lowest BCUT2D eigenvalue weighted by atomic mass is 10.1. The smallest absolute Gasteiger partial charge is 0.0486 e. The Bertz CT molecular complexity index is 456. The van der Waals surface area contributed by atoms with Gasteiger partial charge in [-0.2, -0.15) is 0 Å². The molecule has 0 aliphatic heterocycles. The number of benzene rings is 1. The Kier molecular flexibility index (Phi) is 3.30. The summed E-state index contributed by atoms with van der Waals surface area (Å²) in [5.74, 6) is 0. The highest BCUT2D eigenvalue weighted by atomic mass is 32.1. The molecule has 16 heavy (non-hydrogen) atoms. The first-order valence-corrected chi connectivity index (χ1v) is 6.47. The SMILES string of the molecule is Cc1ccc(C(C)Nc2cscc2C)cc1. The van der Waals surface area contributed by atoms with E-state index in [1.54, 1.807) is 11.3 Å². The molecule has 0 amide bonds. The molecule has 0 radical (unpaired) electrons. The fourth-order valence-corrected chi connectivity index (χ4v) is 2.47. The number of rotatable bonds is 3. The van der Waals surface area contributed by atoms with Crippen LogP contribution in [0.1, 0.15) is 29.7 Å². The van der Waals surface area contributed by atoms with Crippen LogP contribution < -0.4 is 5.32 Å². The van der Waals surface area contributed by atoms with Crippen LogP contribution in [0.5, 0.6) is 0 Å². The van der Waals surface area contributed by atoms with Crippen molar-refractivity contribution < 1.29 is 0 Å². The molecule has 0 saturated carbocycles. The molecular formula is C14H17NS. The number of hydrogen-bond donors (Lipinski definition) is 1. The molecule has 1 nitrogen and oxygen atoms in total. The second kappa shape index (κ2) is 4.71. The van der Waals surface area contributed by atoms with Gasteiger partial charge in [-0.25, -0.2) is 0 Å². The zero-order chi connectivity index (χ0) is 11.5. The number of nitrogens with one attached hydrogen (secondary N) is 1. The number of anilines is 1. The van der Waals surface area contributed by atoms with Gasteiger partial charge in [0.25, 0.3) is 0 Å². The van der Waals surface area contributed by atoms with Crippen molar-refractivity contribution >= 4 is 17.0 Å². The molecule has 0 bridgehead atoms. The van der Waals surface area contributed by atoms with Crippen molar-refractivity contribution in [2.45, 2.75) is 26.8 Å². The lowest BCUT2D eigenvalue weighted by molar-refractivity contribution is 0.883. The van der Waals surface area contributed by atoms with Crippen LogP contribution in [-0.2, 0) is 0 Å². The van der Waals surface area contributed by atoms with E-state index < -0.39 is 0 Å². The van der Waals surface area contributed by atoms with Gasteiger partial charge >= 0.3 is 0 Å². The van der Waals surface area contributed by atoms with Gasteiger partial charge in [0.05, 0.1) is 0 Å². The van der Waals surface area contributed by atoms with E-state index in [1.807, 2.05) is 0 Å². The van der Waals surface area contributed by atoms with Crippen molar-refractivity contribution in [3.8, 4) is 0 Å². The highest BCUT2D eigenvalue weighted by Gasteiger charge is 2.06. The molecular weight excluding hydrogens is 214 g/mol. The van der Waals surface area contributed by atoms with Gasteiger partial charge in [-0.15, -0.1) is 11.3 Å². The first-order chi connectivity index (χ1) is 7.66. The topological polar surface area (TPSA) is 12.0 Å². The first kappa shape index (κ1) is 11.2. The average molecular weight is 231 g/mol. The average Bonchev–Trinajstić information content (AvgIpc) is 2.65. The highest BCUT2D eigenvalue weighted by molar-refractivity contribution is 7.08. The quantitative estimate of drug-likeness (QED) is 0.818. The summed E-state index contributed by atoms with van der Waals surface area (Å²) < 4.78 is 0. The van der Waals surface area contributed by atoms with E-state index >= 15 is 0 Å².